The number of ether oxygens (including phenoxy) is 1. The van der Waals surface area contributed by atoms with E-state index < -0.39 is 9.84 Å². The molecule has 1 saturated carbocycles. The van der Waals surface area contributed by atoms with Gasteiger partial charge in [-0.3, -0.25) is 4.79 Å². The summed E-state index contributed by atoms with van der Waals surface area (Å²) in [5, 5.41) is 2.37. The molecule has 0 bridgehead atoms. The third-order valence-corrected chi connectivity index (χ3v) is 5.88. The van der Waals surface area contributed by atoms with Crippen molar-refractivity contribution >= 4 is 21.4 Å². The normalized spacial score (nSPS) is 16.0. The van der Waals surface area contributed by atoms with Crippen molar-refractivity contribution in [3.8, 4) is 0 Å². The number of hydrogen-bond donors (Lipinski definition) is 1. The van der Waals surface area contributed by atoms with Gasteiger partial charge in [-0.15, -0.1) is 0 Å². The highest BCUT2D eigenvalue weighted by Gasteiger charge is 2.30. The molecule has 21 heavy (non-hydrogen) atoms. The van der Waals surface area contributed by atoms with Crippen molar-refractivity contribution in [2.24, 2.45) is 0 Å². The molecule has 1 N–H and O–H groups in total. The van der Waals surface area contributed by atoms with E-state index in [1.807, 2.05) is 6.92 Å². The summed E-state index contributed by atoms with van der Waals surface area (Å²) in [7, 11) is -3.30. The molecule has 6 heteroatoms. The molecule has 1 fully saturated rings. The Morgan fingerprint density at radius 3 is 2.71 bits per heavy atom. The lowest BCUT2D eigenvalue weighted by atomic mass is 10.3. The Bertz CT molecular complexity index is 591. The smallest absolute Gasteiger partial charge is 0.250 e. The lowest BCUT2D eigenvalue weighted by molar-refractivity contribution is -0.120. The van der Waals surface area contributed by atoms with E-state index in [-0.39, 0.29) is 22.7 Å². The molecule has 1 amide bonds. The van der Waals surface area contributed by atoms with Gasteiger partial charge in [0.2, 0.25) is 5.91 Å². The van der Waals surface area contributed by atoms with Gasteiger partial charge in [0.25, 0.3) is 0 Å². The average Bonchev–Trinajstić information content (AvgIpc) is 3.00. The van der Waals surface area contributed by atoms with Gasteiger partial charge in [0.1, 0.15) is 6.61 Å². The van der Waals surface area contributed by atoms with E-state index in [1.54, 1.807) is 18.2 Å². The molecule has 0 radical (unpaired) electrons. The molecule has 1 aromatic carbocycles. The highest BCUT2D eigenvalue weighted by Crippen LogP contribution is 2.30. The van der Waals surface area contributed by atoms with Crippen molar-refractivity contribution in [2.75, 3.05) is 18.5 Å². The molecule has 0 spiro atoms. The van der Waals surface area contributed by atoms with Crippen molar-refractivity contribution in [3.05, 3.63) is 24.3 Å². The van der Waals surface area contributed by atoms with Gasteiger partial charge in [-0.05, 0) is 38.0 Å². The predicted octanol–water partition coefficient (Wildman–Crippen LogP) is 2.38. The van der Waals surface area contributed by atoms with Gasteiger partial charge in [0, 0.05) is 12.3 Å². The van der Waals surface area contributed by atoms with E-state index in [0.29, 0.717) is 12.3 Å². The molecule has 1 aromatic rings. The van der Waals surface area contributed by atoms with E-state index >= 15 is 0 Å². The molecular formula is C15H21NO4S. The van der Waals surface area contributed by atoms with Gasteiger partial charge < -0.3 is 10.1 Å². The van der Waals surface area contributed by atoms with Crippen LogP contribution in [0.25, 0.3) is 0 Å². The van der Waals surface area contributed by atoms with Crippen LogP contribution in [0.5, 0.6) is 0 Å². The quantitative estimate of drug-likeness (QED) is 0.875. The van der Waals surface area contributed by atoms with E-state index in [0.717, 1.165) is 25.7 Å². The summed E-state index contributed by atoms with van der Waals surface area (Å²) in [6.45, 7) is 2.24. The Labute approximate surface area is 125 Å². The molecule has 1 aliphatic rings. The van der Waals surface area contributed by atoms with Crippen LogP contribution in [-0.4, -0.2) is 32.8 Å². The number of benzene rings is 1. The molecule has 0 heterocycles. The van der Waals surface area contributed by atoms with Crippen molar-refractivity contribution in [2.45, 2.75) is 42.8 Å². The van der Waals surface area contributed by atoms with E-state index in [2.05, 4.69) is 5.32 Å². The first-order chi connectivity index (χ1) is 10.0. The number of hydrogen-bond acceptors (Lipinski definition) is 4. The zero-order valence-corrected chi connectivity index (χ0v) is 13.0. The molecule has 0 saturated heterocycles. The molecule has 1 aliphatic carbocycles. The zero-order valence-electron chi connectivity index (χ0n) is 12.2. The Balaban J connectivity index is 2.12. The lowest BCUT2D eigenvalue weighted by Gasteiger charge is -2.12. The molecule has 2 rings (SSSR count). The molecule has 0 aliphatic heterocycles. The molecule has 0 atom stereocenters. The van der Waals surface area contributed by atoms with Crippen LogP contribution in [0.4, 0.5) is 5.69 Å². The number of carbonyl (C=O) groups excluding carboxylic acids is 1. The maximum Gasteiger partial charge on any atom is 0.250 e. The van der Waals surface area contributed by atoms with Crippen LogP contribution in [0.3, 0.4) is 0 Å². The minimum atomic E-state index is -3.30. The van der Waals surface area contributed by atoms with Crippen LogP contribution >= 0.6 is 0 Å². The third kappa shape index (κ3) is 4.04. The maximum atomic E-state index is 12.5. The number of amides is 1. The summed E-state index contributed by atoms with van der Waals surface area (Å²) >= 11 is 0. The fourth-order valence-corrected chi connectivity index (χ4v) is 4.43. The average molecular weight is 311 g/mol. The minimum Gasteiger partial charge on any atom is -0.372 e. The standard InChI is InChI=1S/C15H21NO4S/c1-2-20-11-15(17)16-12-6-5-9-14(10-12)21(18,19)13-7-3-4-8-13/h5-6,9-10,13H,2-4,7-8,11H2,1H3,(H,16,17). The minimum absolute atomic E-state index is 0.0316. The van der Waals surface area contributed by atoms with Crippen molar-refractivity contribution in [1.29, 1.82) is 0 Å². The van der Waals surface area contributed by atoms with Crippen molar-refractivity contribution < 1.29 is 17.9 Å². The number of carbonyl (C=O) groups is 1. The molecule has 0 unspecified atom stereocenters. The second-order valence-corrected chi connectivity index (χ2v) is 7.39. The van der Waals surface area contributed by atoms with Crippen molar-refractivity contribution in [3.63, 3.8) is 0 Å². The van der Waals surface area contributed by atoms with Gasteiger partial charge in [-0.25, -0.2) is 8.42 Å². The number of sulfone groups is 1. The fraction of sp³-hybridized carbons (Fsp3) is 0.533. The van der Waals surface area contributed by atoms with Crippen LogP contribution in [0.15, 0.2) is 29.2 Å². The SMILES string of the molecule is CCOCC(=O)Nc1cccc(S(=O)(=O)C2CCCC2)c1. The summed E-state index contributed by atoms with van der Waals surface area (Å²) in [6.07, 6.45) is 3.38. The Hall–Kier alpha value is -1.40. The van der Waals surface area contributed by atoms with E-state index in [9.17, 15) is 13.2 Å². The first kappa shape index (κ1) is 16.0. The third-order valence-electron chi connectivity index (χ3n) is 3.62. The number of anilines is 1. The van der Waals surface area contributed by atoms with Crippen LogP contribution in [0.2, 0.25) is 0 Å². The van der Waals surface area contributed by atoms with Crippen molar-refractivity contribution in [1.82, 2.24) is 0 Å². The Morgan fingerprint density at radius 2 is 2.05 bits per heavy atom. The van der Waals surface area contributed by atoms with Gasteiger partial charge in [0.05, 0.1) is 10.1 Å². The van der Waals surface area contributed by atoms with E-state index in [1.165, 1.54) is 6.07 Å². The second-order valence-electron chi connectivity index (χ2n) is 5.16. The summed E-state index contributed by atoms with van der Waals surface area (Å²) < 4.78 is 30.0. The monoisotopic (exact) mass is 311 g/mol. The van der Waals surface area contributed by atoms with Gasteiger partial charge in [-0.1, -0.05) is 18.9 Å². The van der Waals surface area contributed by atoms with Crippen LogP contribution in [0.1, 0.15) is 32.6 Å². The molecule has 0 aromatic heterocycles. The lowest BCUT2D eigenvalue weighted by Crippen LogP contribution is -2.20. The first-order valence-corrected chi connectivity index (χ1v) is 8.80. The van der Waals surface area contributed by atoms with E-state index in [4.69, 9.17) is 4.74 Å². The fourth-order valence-electron chi connectivity index (χ4n) is 2.53. The number of rotatable bonds is 6. The second kappa shape index (κ2) is 7.04. The summed E-state index contributed by atoms with van der Waals surface area (Å²) in [5.74, 6) is -0.285. The number of nitrogens with one attached hydrogen (secondary N) is 1. The zero-order chi connectivity index (χ0) is 15.3. The Morgan fingerprint density at radius 1 is 1.33 bits per heavy atom. The maximum absolute atomic E-state index is 12.5. The van der Waals surface area contributed by atoms with Gasteiger partial charge >= 0.3 is 0 Å². The van der Waals surface area contributed by atoms with Crippen LogP contribution in [0, 0.1) is 0 Å². The van der Waals surface area contributed by atoms with Crippen LogP contribution < -0.4 is 5.32 Å². The molecule has 116 valence electrons. The molecular weight excluding hydrogens is 290 g/mol. The first-order valence-electron chi connectivity index (χ1n) is 7.25. The largest absolute Gasteiger partial charge is 0.372 e. The van der Waals surface area contributed by atoms with Gasteiger partial charge in [0.15, 0.2) is 9.84 Å². The summed E-state index contributed by atoms with van der Waals surface area (Å²) in [4.78, 5) is 11.9. The van der Waals surface area contributed by atoms with Gasteiger partial charge in [-0.2, -0.15) is 0 Å². The topological polar surface area (TPSA) is 72.5 Å². The highest BCUT2D eigenvalue weighted by atomic mass is 32.2. The molecule has 5 nitrogen and oxygen atoms in total. The van der Waals surface area contributed by atoms with Crippen LogP contribution in [-0.2, 0) is 19.4 Å². The highest BCUT2D eigenvalue weighted by molar-refractivity contribution is 7.92. The Kier molecular flexibility index (Phi) is 5.36. The summed E-state index contributed by atoms with van der Waals surface area (Å²) in [5.41, 5.74) is 0.485. The predicted molar refractivity (Wildman–Crippen MR) is 81.0 cm³/mol. The summed E-state index contributed by atoms with van der Waals surface area (Å²) in [6, 6.07) is 6.44.